The number of halogens is 4. The summed E-state index contributed by atoms with van der Waals surface area (Å²) in [6.07, 6.45) is 1.78. The molecule has 0 bridgehead atoms. The molecule has 0 saturated heterocycles. The third-order valence-corrected chi connectivity index (χ3v) is 7.30. The molecule has 0 unspecified atom stereocenters. The summed E-state index contributed by atoms with van der Waals surface area (Å²) in [6, 6.07) is 5.57. The van der Waals surface area contributed by atoms with Crippen LogP contribution < -0.4 is 10.9 Å². The highest BCUT2D eigenvalue weighted by molar-refractivity contribution is 5.95. The van der Waals surface area contributed by atoms with Crippen molar-refractivity contribution in [2.45, 2.75) is 56.8 Å². The van der Waals surface area contributed by atoms with E-state index in [-0.39, 0.29) is 42.0 Å². The Morgan fingerprint density at radius 1 is 1.22 bits per heavy atom. The number of benzene rings is 1. The quantitative estimate of drug-likeness (QED) is 0.462. The van der Waals surface area contributed by atoms with Gasteiger partial charge in [0.2, 0.25) is 5.62 Å². The Bertz CT molecular complexity index is 1380. The SMILES string of the molecule is Cc1cc([C@@H](NC(=O)c2cc(Cn3ccn(C)c3=N)cc(C3(C(F)(F)F)CC3)c2)C2CC2)ncc1F. The van der Waals surface area contributed by atoms with Crippen molar-refractivity contribution in [3.63, 3.8) is 0 Å². The number of aromatic nitrogens is 3. The van der Waals surface area contributed by atoms with Crippen LogP contribution in [-0.2, 0) is 19.0 Å². The predicted molar refractivity (Wildman–Crippen MR) is 124 cm³/mol. The van der Waals surface area contributed by atoms with Crippen molar-refractivity contribution in [2.75, 3.05) is 0 Å². The van der Waals surface area contributed by atoms with Gasteiger partial charge in [-0.1, -0.05) is 6.07 Å². The van der Waals surface area contributed by atoms with Gasteiger partial charge in [-0.3, -0.25) is 15.2 Å². The number of nitrogens with one attached hydrogen (secondary N) is 2. The van der Waals surface area contributed by atoms with E-state index < -0.39 is 29.4 Å². The maximum Gasteiger partial charge on any atom is 0.398 e. The Labute approximate surface area is 205 Å². The monoisotopic (exact) mass is 501 g/mol. The summed E-state index contributed by atoms with van der Waals surface area (Å²) in [5.41, 5.74) is -0.101. The van der Waals surface area contributed by atoms with Crippen LogP contribution in [0.1, 0.15) is 64.5 Å². The van der Waals surface area contributed by atoms with Crippen LogP contribution in [0.3, 0.4) is 0 Å². The molecular formula is C26H27F4N5O. The average molecular weight is 502 g/mol. The highest BCUT2D eigenvalue weighted by Crippen LogP contribution is 2.59. The number of pyridine rings is 1. The topological polar surface area (TPSA) is 75.7 Å². The van der Waals surface area contributed by atoms with E-state index in [4.69, 9.17) is 5.41 Å². The van der Waals surface area contributed by atoms with Gasteiger partial charge < -0.3 is 14.5 Å². The van der Waals surface area contributed by atoms with E-state index >= 15 is 0 Å². The van der Waals surface area contributed by atoms with Crippen LogP contribution in [0.15, 0.2) is 42.9 Å². The summed E-state index contributed by atoms with van der Waals surface area (Å²) < 4.78 is 58.9. The minimum Gasteiger partial charge on any atom is -0.343 e. The third kappa shape index (κ3) is 4.44. The summed E-state index contributed by atoms with van der Waals surface area (Å²) in [6.45, 7) is 1.78. The van der Waals surface area contributed by atoms with E-state index in [1.807, 2.05) is 0 Å². The number of hydrogen-bond donors (Lipinski definition) is 2. The number of hydrogen-bond acceptors (Lipinski definition) is 3. The first-order chi connectivity index (χ1) is 17.0. The van der Waals surface area contributed by atoms with E-state index in [1.54, 1.807) is 47.6 Å². The molecule has 36 heavy (non-hydrogen) atoms. The van der Waals surface area contributed by atoms with Crippen LogP contribution >= 0.6 is 0 Å². The molecule has 2 heterocycles. The first-order valence-corrected chi connectivity index (χ1v) is 11.9. The van der Waals surface area contributed by atoms with Crippen LogP contribution in [0.4, 0.5) is 17.6 Å². The Hall–Kier alpha value is -3.43. The molecular weight excluding hydrogens is 474 g/mol. The van der Waals surface area contributed by atoms with Gasteiger partial charge in [0.05, 0.1) is 29.9 Å². The standard InChI is InChI=1S/C26H27F4N5O/c1-15-9-21(32-13-20(15)27)22(17-3-4-17)33-23(36)18-10-16(14-35-8-7-34(2)24(35)31)11-19(12-18)25(5-6-25)26(28,29)30/h7-13,17,22,31H,3-6,14H2,1-2H3,(H,33,36)/t22-/m0/s1. The Morgan fingerprint density at radius 3 is 2.50 bits per heavy atom. The number of aryl methyl sites for hydroxylation is 2. The zero-order valence-electron chi connectivity index (χ0n) is 20.0. The van der Waals surface area contributed by atoms with Crippen molar-refractivity contribution in [2.24, 2.45) is 13.0 Å². The van der Waals surface area contributed by atoms with Crippen LogP contribution in [-0.4, -0.2) is 26.2 Å². The van der Waals surface area contributed by atoms with Crippen LogP contribution in [0.25, 0.3) is 0 Å². The van der Waals surface area contributed by atoms with Gasteiger partial charge in [-0.05, 0) is 73.4 Å². The minimum atomic E-state index is -4.42. The lowest BCUT2D eigenvalue weighted by Gasteiger charge is -2.23. The second kappa shape index (κ2) is 8.60. The molecule has 10 heteroatoms. The number of carbonyl (C=O) groups excluding carboxylic acids is 1. The maximum absolute atomic E-state index is 14.0. The molecule has 0 spiro atoms. The average Bonchev–Trinajstić information content (AvgIpc) is 3.74. The van der Waals surface area contributed by atoms with Crippen molar-refractivity contribution in [1.82, 2.24) is 19.4 Å². The second-order valence-electron chi connectivity index (χ2n) is 10.0. The molecule has 2 aliphatic rings. The summed E-state index contributed by atoms with van der Waals surface area (Å²) >= 11 is 0. The summed E-state index contributed by atoms with van der Waals surface area (Å²) in [5.74, 6) is -0.795. The fourth-order valence-electron chi connectivity index (χ4n) is 4.72. The minimum absolute atomic E-state index is 0.0212. The van der Waals surface area contributed by atoms with Crippen molar-refractivity contribution in [3.05, 3.63) is 82.2 Å². The van der Waals surface area contributed by atoms with E-state index in [9.17, 15) is 22.4 Å². The van der Waals surface area contributed by atoms with Gasteiger partial charge in [0, 0.05) is 25.0 Å². The largest absolute Gasteiger partial charge is 0.398 e. The Morgan fingerprint density at radius 2 is 1.94 bits per heavy atom. The van der Waals surface area contributed by atoms with Crippen molar-refractivity contribution in [1.29, 1.82) is 5.41 Å². The van der Waals surface area contributed by atoms with Crippen LogP contribution in [0, 0.1) is 24.1 Å². The van der Waals surface area contributed by atoms with Gasteiger partial charge in [0.1, 0.15) is 5.82 Å². The van der Waals surface area contributed by atoms with Crippen LogP contribution in [0.5, 0.6) is 0 Å². The number of amides is 1. The molecule has 2 fully saturated rings. The van der Waals surface area contributed by atoms with E-state index in [2.05, 4.69) is 10.3 Å². The summed E-state index contributed by atoms with van der Waals surface area (Å²) in [4.78, 5) is 17.6. The van der Waals surface area contributed by atoms with Gasteiger partial charge in [-0.15, -0.1) is 0 Å². The van der Waals surface area contributed by atoms with Gasteiger partial charge in [0.15, 0.2) is 0 Å². The molecule has 3 aromatic rings. The number of nitrogens with zero attached hydrogens (tertiary/aromatic N) is 3. The molecule has 0 radical (unpaired) electrons. The van der Waals surface area contributed by atoms with E-state index in [0.29, 0.717) is 16.8 Å². The molecule has 1 atom stereocenters. The highest BCUT2D eigenvalue weighted by atomic mass is 19.4. The molecule has 2 aromatic heterocycles. The van der Waals surface area contributed by atoms with Gasteiger partial charge in [-0.2, -0.15) is 13.2 Å². The molecule has 2 aliphatic carbocycles. The molecule has 190 valence electrons. The van der Waals surface area contributed by atoms with Crippen molar-refractivity contribution >= 4 is 5.91 Å². The maximum atomic E-state index is 14.0. The normalized spacial score (nSPS) is 17.6. The van der Waals surface area contributed by atoms with E-state index in [0.717, 1.165) is 19.0 Å². The molecule has 0 aliphatic heterocycles. The number of rotatable bonds is 7. The van der Waals surface area contributed by atoms with Gasteiger partial charge in [0.25, 0.3) is 5.91 Å². The number of alkyl halides is 3. The first kappa shape index (κ1) is 24.3. The molecule has 1 amide bonds. The lowest BCUT2D eigenvalue weighted by Crippen LogP contribution is -2.32. The lowest BCUT2D eigenvalue weighted by atomic mass is 9.91. The molecule has 5 rings (SSSR count). The van der Waals surface area contributed by atoms with Crippen LogP contribution in [0.2, 0.25) is 0 Å². The summed E-state index contributed by atoms with van der Waals surface area (Å²) in [7, 11) is 1.71. The van der Waals surface area contributed by atoms with Crippen molar-refractivity contribution < 1.29 is 22.4 Å². The molecule has 1 aromatic carbocycles. The Kier molecular flexibility index (Phi) is 5.80. The fraction of sp³-hybridized carbons (Fsp3) is 0.423. The van der Waals surface area contributed by atoms with Gasteiger partial charge >= 0.3 is 6.18 Å². The number of carbonyl (C=O) groups is 1. The highest BCUT2D eigenvalue weighted by Gasteiger charge is 2.64. The zero-order chi connectivity index (χ0) is 25.8. The zero-order valence-corrected chi connectivity index (χ0v) is 20.0. The second-order valence-corrected chi connectivity index (χ2v) is 10.0. The molecule has 6 nitrogen and oxygen atoms in total. The van der Waals surface area contributed by atoms with Gasteiger partial charge in [-0.25, -0.2) is 4.39 Å². The first-order valence-electron chi connectivity index (χ1n) is 11.9. The fourth-order valence-corrected chi connectivity index (χ4v) is 4.72. The van der Waals surface area contributed by atoms with E-state index in [1.165, 1.54) is 12.1 Å². The van der Waals surface area contributed by atoms with Crippen molar-refractivity contribution in [3.8, 4) is 0 Å². The lowest BCUT2D eigenvalue weighted by molar-refractivity contribution is -0.160. The summed E-state index contributed by atoms with van der Waals surface area (Å²) in [5, 5.41) is 11.1. The predicted octanol–water partition coefficient (Wildman–Crippen LogP) is 4.67. The molecule has 2 saturated carbocycles. The molecule has 2 N–H and O–H groups in total. The smallest absolute Gasteiger partial charge is 0.343 e. The third-order valence-electron chi connectivity index (χ3n) is 7.30. The number of imidazole rings is 1. The Balaban J connectivity index is 1.50.